The summed E-state index contributed by atoms with van der Waals surface area (Å²) in [5.41, 5.74) is 1.11. The number of nitrogens with one attached hydrogen (secondary N) is 1. The number of likely N-dealkylation sites (tertiary alicyclic amines) is 1. The van der Waals surface area contributed by atoms with Crippen molar-refractivity contribution in [2.75, 3.05) is 26.0 Å². The third kappa shape index (κ3) is 3.68. The van der Waals surface area contributed by atoms with Gasteiger partial charge in [-0.3, -0.25) is 19.8 Å². The molecule has 10 heteroatoms. The molecule has 1 saturated heterocycles. The molecule has 0 aliphatic carbocycles. The first kappa shape index (κ1) is 24.4. The topological polar surface area (TPSA) is 93.9 Å². The van der Waals surface area contributed by atoms with E-state index in [1.165, 1.54) is 7.11 Å². The standard InChI is InChI=1S/C26H23Cl2N3O5/c1-30-13-17(24(31(33)34)26(30)18-8-4-6-10-21(18)29-25(26)32)16-11-20(28)23(22(12-16)35-2)36-14-15-7-3-5-9-19(15)27/h3-12,17,24H,13-14H2,1-2H3,(H,29,32)/t17-,24-,26-/m0/s1. The molecule has 0 radical (unpaired) electrons. The molecule has 186 valence electrons. The molecule has 1 amide bonds. The average molecular weight is 528 g/mol. The molecule has 0 saturated carbocycles. The quantitative estimate of drug-likeness (QED) is 0.354. The molecule has 2 aliphatic rings. The first-order valence-electron chi connectivity index (χ1n) is 11.3. The molecular weight excluding hydrogens is 505 g/mol. The van der Waals surface area contributed by atoms with Crippen LogP contribution in [0.15, 0.2) is 60.7 Å². The van der Waals surface area contributed by atoms with Crippen molar-refractivity contribution in [2.24, 2.45) is 0 Å². The van der Waals surface area contributed by atoms with Crippen molar-refractivity contribution in [1.29, 1.82) is 0 Å². The van der Waals surface area contributed by atoms with Crippen LogP contribution in [-0.2, 0) is 16.9 Å². The summed E-state index contributed by atoms with van der Waals surface area (Å²) >= 11 is 12.9. The van der Waals surface area contributed by atoms with E-state index < -0.39 is 23.4 Å². The molecule has 3 aromatic carbocycles. The van der Waals surface area contributed by atoms with Gasteiger partial charge in [-0.25, -0.2) is 0 Å². The second-order valence-corrected chi connectivity index (χ2v) is 9.71. The van der Waals surface area contributed by atoms with Crippen LogP contribution < -0.4 is 14.8 Å². The SMILES string of the molecule is COc1cc([C@@H]2CN(C)[C@]3(C(=O)Nc4ccccc43)[C@H]2[N+](=O)[O-])cc(Cl)c1OCc1ccccc1Cl. The number of likely N-dealkylation sites (N-methyl/N-ethyl adjacent to an activating group) is 1. The highest BCUT2D eigenvalue weighted by atomic mass is 35.5. The third-order valence-corrected chi connectivity index (χ3v) is 7.70. The largest absolute Gasteiger partial charge is 0.493 e. The van der Waals surface area contributed by atoms with Crippen molar-refractivity contribution in [3.8, 4) is 11.5 Å². The van der Waals surface area contributed by atoms with Crippen molar-refractivity contribution in [3.05, 3.63) is 97.5 Å². The first-order chi connectivity index (χ1) is 17.3. The van der Waals surface area contributed by atoms with Gasteiger partial charge in [0.25, 0.3) is 11.9 Å². The summed E-state index contributed by atoms with van der Waals surface area (Å²) in [4.78, 5) is 27.2. The number of fused-ring (bicyclic) bond motifs is 2. The molecule has 1 spiro atoms. The summed E-state index contributed by atoms with van der Waals surface area (Å²) in [5, 5.41) is 16.2. The average Bonchev–Trinajstić information content (AvgIpc) is 3.33. The second kappa shape index (κ2) is 9.28. The molecule has 5 rings (SSSR count). The van der Waals surface area contributed by atoms with E-state index in [0.717, 1.165) is 5.56 Å². The van der Waals surface area contributed by atoms with Gasteiger partial charge < -0.3 is 14.8 Å². The number of rotatable bonds is 6. The minimum absolute atomic E-state index is 0.166. The number of carbonyl (C=O) groups excluding carboxylic acids is 1. The lowest BCUT2D eigenvalue weighted by atomic mass is 9.79. The Morgan fingerprint density at radius 1 is 1.14 bits per heavy atom. The monoisotopic (exact) mass is 527 g/mol. The molecule has 2 aliphatic heterocycles. The minimum Gasteiger partial charge on any atom is -0.493 e. The zero-order valence-electron chi connectivity index (χ0n) is 19.5. The summed E-state index contributed by atoms with van der Waals surface area (Å²) in [7, 11) is 3.21. The van der Waals surface area contributed by atoms with Gasteiger partial charge in [-0.2, -0.15) is 0 Å². The highest BCUT2D eigenvalue weighted by molar-refractivity contribution is 6.32. The molecular formula is C26H23Cl2N3O5. The number of methoxy groups -OCH3 is 1. The highest BCUT2D eigenvalue weighted by Crippen LogP contribution is 2.53. The van der Waals surface area contributed by atoms with Gasteiger partial charge in [-0.15, -0.1) is 0 Å². The Balaban J connectivity index is 1.54. The Kier molecular flexibility index (Phi) is 6.28. The van der Waals surface area contributed by atoms with Crippen LogP contribution in [0.3, 0.4) is 0 Å². The number of carbonyl (C=O) groups is 1. The number of nitrogens with zero attached hydrogens (tertiary/aromatic N) is 2. The van der Waals surface area contributed by atoms with Gasteiger partial charge in [0, 0.05) is 33.3 Å². The summed E-state index contributed by atoms with van der Waals surface area (Å²) in [5.74, 6) is -0.392. The van der Waals surface area contributed by atoms with Crippen LogP contribution in [0.25, 0.3) is 0 Å². The van der Waals surface area contributed by atoms with E-state index >= 15 is 0 Å². The number of anilines is 1. The maximum absolute atomic E-state index is 13.3. The number of ether oxygens (including phenoxy) is 2. The van der Waals surface area contributed by atoms with Crippen molar-refractivity contribution >= 4 is 34.8 Å². The van der Waals surface area contributed by atoms with Crippen LogP contribution >= 0.6 is 23.2 Å². The Bertz CT molecular complexity index is 1370. The van der Waals surface area contributed by atoms with E-state index in [1.54, 1.807) is 54.4 Å². The smallest absolute Gasteiger partial charge is 0.256 e. The molecule has 3 atom stereocenters. The van der Waals surface area contributed by atoms with Crippen LogP contribution in [0.5, 0.6) is 11.5 Å². The van der Waals surface area contributed by atoms with Gasteiger partial charge in [0.2, 0.25) is 0 Å². The van der Waals surface area contributed by atoms with Crippen LogP contribution in [0, 0.1) is 10.1 Å². The lowest BCUT2D eigenvalue weighted by Gasteiger charge is -2.30. The van der Waals surface area contributed by atoms with Crippen LogP contribution in [0.1, 0.15) is 22.6 Å². The maximum atomic E-state index is 13.3. The highest BCUT2D eigenvalue weighted by Gasteiger charge is 2.68. The van der Waals surface area contributed by atoms with E-state index in [0.29, 0.717) is 33.3 Å². The fourth-order valence-corrected chi connectivity index (χ4v) is 5.90. The van der Waals surface area contributed by atoms with Gasteiger partial charge in [0.05, 0.1) is 18.1 Å². The van der Waals surface area contributed by atoms with Gasteiger partial charge in [-0.1, -0.05) is 59.6 Å². The van der Waals surface area contributed by atoms with E-state index in [4.69, 9.17) is 32.7 Å². The zero-order valence-corrected chi connectivity index (χ0v) is 21.0. The predicted octanol–water partition coefficient (Wildman–Crippen LogP) is 5.10. The molecule has 0 unspecified atom stereocenters. The number of amides is 1. The van der Waals surface area contributed by atoms with E-state index in [-0.39, 0.29) is 23.1 Å². The van der Waals surface area contributed by atoms with E-state index in [9.17, 15) is 14.9 Å². The third-order valence-electron chi connectivity index (χ3n) is 7.05. The Morgan fingerprint density at radius 3 is 2.58 bits per heavy atom. The van der Waals surface area contributed by atoms with Gasteiger partial charge in [-0.05, 0) is 36.9 Å². The molecule has 1 N–H and O–H groups in total. The summed E-state index contributed by atoms with van der Waals surface area (Å²) in [6, 6.07) is 16.5. The lowest BCUT2D eigenvalue weighted by Crippen LogP contribution is -2.54. The van der Waals surface area contributed by atoms with Gasteiger partial charge >= 0.3 is 0 Å². The van der Waals surface area contributed by atoms with Crippen molar-refractivity contribution in [1.82, 2.24) is 4.90 Å². The number of para-hydroxylation sites is 1. The normalized spacial score (nSPS) is 22.9. The van der Waals surface area contributed by atoms with Crippen molar-refractivity contribution in [3.63, 3.8) is 0 Å². The molecule has 2 heterocycles. The van der Waals surface area contributed by atoms with Crippen LogP contribution in [0.2, 0.25) is 10.0 Å². The number of halogens is 2. The summed E-state index contributed by atoms with van der Waals surface area (Å²) in [6.45, 7) is 0.436. The van der Waals surface area contributed by atoms with Gasteiger partial charge in [0.15, 0.2) is 17.0 Å². The molecule has 36 heavy (non-hydrogen) atoms. The Morgan fingerprint density at radius 2 is 1.86 bits per heavy atom. The number of hydrogen-bond donors (Lipinski definition) is 1. The Hall–Kier alpha value is -3.33. The van der Waals surface area contributed by atoms with E-state index in [1.807, 2.05) is 18.2 Å². The predicted molar refractivity (Wildman–Crippen MR) is 137 cm³/mol. The van der Waals surface area contributed by atoms with Crippen LogP contribution in [-0.4, -0.2) is 42.5 Å². The van der Waals surface area contributed by atoms with Crippen molar-refractivity contribution in [2.45, 2.75) is 24.1 Å². The Labute approximate surface area is 217 Å². The molecule has 0 bridgehead atoms. The lowest BCUT2D eigenvalue weighted by molar-refractivity contribution is -0.534. The summed E-state index contributed by atoms with van der Waals surface area (Å²) < 4.78 is 11.5. The second-order valence-electron chi connectivity index (χ2n) is 8.90. The molecule has 3 aromatic rings. The minimum atomic E-state index is -1.44. The number of hydrogen-bond acceptors (Lipinski definition) is 6. The van der Waals surface area contributed by atoms with Crippen LogP contribution in [0.4, 0.5) is 5.69 Å². The van der Waals surface area contributed by atoms with Gasteiger partial charge in [0.1, 0.15) is 6.61 Å². The molecule has 0 aromatic heterocycles. The van der Waals surface area contributed by atoms with E-state index in [2.05, 4.69) is 5.32 Å². The number of nitro groups is 1. The summed E-state index contributed by atoms with van der Waals surface area (Å²) in [6.07, 6.45) is 0. The fraction of sp³-hybridized carbons (Fsp3) is 0.269. The zero-order chi connectivity index (χ0) is 25.6. The van der Waals surface area contributed by atoms with Crippen molar-refractivity contribution < 1.29 is 19.2 Å². The number of benzene rings is 3. The first-order valence-corrected chi connectivity index (χ1v) is 12.0. The molecule has 8 nitrogen and oxygen atoms in total. The maximum Gasteiger partial charge on any atom is 0.256 e. The molecule has 1 fully saturated rings. The fourth-order valence-electron chi connectivity index (χ4n) is 5.44.